The molecular formula is C23H18BrN3O2. The number of aryl methyl sites for hydroxylation is 1. The molecule has 6 heteroatoms. The van der Waals surface area contributed by atoms with Gasteiger partial charge in [-0.15, -0.1) is 10.2 Å². The monoisotopic (exact) mass is 447 g/mol. The van der Waals surface area contributed by atoms with Crippen molar-refractivity contribution in [3.63, 3.8) is 0 Å². The molecule has 0 saturated carbocycles. The third-order valence-electron chi connectivity index (χ3n) is 4.79. The first-order chi connectivity index (χ1) is 14.0. The lowest BCUT2D eigenvalue weighted by Crippen LogP contribution is -2.11. The molecule has 0 unspecified atom stereocenters. The van der Waals surface area contributed by atoms with Gasteiger partial charge >= 0.3 is 0 Å². The lowest BCUT2D eigenvalue weighted by molar-refractivity contribution is -0.118. The van der Waals surface area contributed by atoms with Gasteiger partial charge in [0.15, 0.2) is 5.69 Å². The Hall–Kier alpha value is -3.25. The van der Waals surface area contributed by atoms with Crippen molar-refractivity contribution in [1.82, 2.24) is 4.98 Å². The van der Waals surface area contributed by atoms with Crippen molar-refractivity contribution in [2.24, 2.45) is 10.2 Å². The number of H-pyrrole nitrogens is 1. The summed E-state index contributed by atoms with van der Waals surface area (Å²) in [4.78, 5) is 15.9. The molecule has 1 amide bonds. The molecule has 3 aromatic carbocycles. The van der Waals surface area contributed by atoms with Gasteiger partial charge in [-0.2, -0.15) is 0 Å². The summed E-state index contributed by atoms with van der Waals surface area (Å²) in [5, 5.41) is 19.1. The summed E-state index contributed by atoms with van der Waals surface area (Å²) in [6.45, 7) is 1.94. The Morgan fingerprint density at radius 3 is 2.17 bits per heavy atom. The molecule has 0 fully saturated rings. The van der Waals surface area contributed by atoms with Crippen LogP contribution < -0.4 is 0 Å². The quantitative estimate of drug-likeness (QED) is 0.355. The van der Waals surface area contributed by atoms with Gasteiger partial charge in [-0.1, -0.05) is 76.6 Å². The molecule has 1 heterocycles. The highest BCUT2D eigenvalue weighted by atomic mass is 79.9. The number of halogens is 1. The normalized spacial score (nSPS) is 11.6. The van der Waals surface area contributed by atoms with Crippen molar-refractivity contribution in [3.05, 3.63) is 94.0 Å². The molecule has 0 aliphatic rings. The first-order valence-corrected chi connectivity index (χ1v) is 9.90. The van der Waals surface area contributed by atoms with E-state index in [9.17, 15) is 9.90 Å². The van der Waals surface area contributed by atoms with E-state index < -0.39 is 11.8 Å². The van der Waals surface area contributed by atoms with Gasteiger partial charge in [0, 0.05) is 9.86 Å². The number of aromatic hydroxyl groups is 1. The molecule has 4 rings (SSSR count). The summed E-state index contributed by atoms with van der Waals surface area (Å²) in [5.41, 5.74) is 3.63. The second kappa shape index (κ2) is 8.01. The number of amides is 1. The van der Waals surface area contributed by atoms with Crippen LogP contribution in [0.3, 0.4) is 0 Å². The van der Waals surface area contributed by atoms with E-state index in [0.717, 1.165) is 21.2 Å². The number of hydrogen-bond acceptors (Lipinski definition) is 3. The number of fused-ring (bicyclic) bond motifs is 1. The van der Waals surface area contributed by atoms with Gasteiger partial charge in [0.05, 0.1) is 11.4 Å². The molecule has 2 N–H and O–H groups in total. The molecule has 0 saturated heterocycles. The first kappa shape index (κ1) is 19.1. The van der Waals surface area contributed by atoms with Crippen LogP contribution in [0.1, 0.15) is 22.6 Å². The summed E-state index contributed by atoms with van der Waals surface area (Å²) < 4.78 is 0.916. The minimum Gasteiger partial charge on any atom is -0.493 e. The van der Waals surface area contributed by atoms with E-state index in [1.807, 2.05) is 79.7 Å². The van der Waals surface area contributed by atoms with Gasteiger partial charge in [0.1, 0.15) is 0 Å². The zero-order chi connectivity index (χ0) is 20.4. The molecule has 4 aromatic rings. The smallest absolute Gasteiger partial charge is 0.276 e. The highest BCUT2D eigenvalue weighted by Crippen LogP contribution is 2.38. The fraction of sp³-hybridized carbons (Fsp3) is 0.0870. The lowest BCUT2D eigenvalue weighted by atomic mass is 9.91. The Morgan fingerprint density at radius 2 is 1.59 bits per heavy atom. The molecular weight excluding hydrogens is 430 g/mol. The van der Waals surface area contributed by atoms with Crippen molar-refractivity contribution in [3.8, 4) is 5.88 Å². The van der Waals surface area contributed by atoms with Crippen LogP contribution in [0.15, 0.2) is 87.5 Å². The van der Waals surface area contributed by atoms with E-state index in [1.54, 1.807) is 0 Å². The van der Waals surface area contributed by atoms with Crippen molar-refractivity contribution < 1.29 is 9.90 Å². The van der Waals surface area contributed by atoms with E-state index in [2.05, 4.69) is 31.1 Å². The van der Waals surface area contributed by atoms with Crippen LogP contribution in [0.4, 0.5) is 5.69 Å². The number of aromatic nitrogens is 1. The Balaban J connectivity index is 1.73. The minimum absolute atomic E-state index is 0.120. The summed E-state index contributed by atoms with van der Waals surface area (Å²) in [6.07, 6.45) is 0. The van der Waals surface area contributed by atoms with E-state index >= 15 is 0 Å². The van der Waals surface area contributed by atoms with Gasteiger partial charge in [0.25, 0.3) is 5.91 Å². The molecule has 0 radical (unpaired) electrons. The summed E-state index contributed by atoms with van der Waals surface area (Å²) in [7, 11) is 0. The zero-order valence-electron chi connectivity index (χ0n) is 15.6. The summed E-state index contributed by atoms with van der Waals surface area (Å²) in [6, 6.07) is 22.7. The first-order valence-electron chi connectivity index (χ1n) is 9.11. The van der Waals surface area contributed by atoms with Crippen LogP contribution in [-0.4, -0.2) is 16.0 Å². The maximum atomic E-state index is 13.0. The predicted octanol–water partition coefficient (Wildman–Crippen LogP) is 6.39. The van der Waals surface area contributed by atoms with E-state index in [0.29, 0.717) is 10.9 Å². The van der Waals surface area contributed by atoms with E-state index in [1.165, 1.54) is 0 Å². The largest absolute Gasteiger partial charge is 0.493 e. The Morgan fingerprint density at radius 1 is 1.00 bits per heavy atom. The van der Waals surface area contributed by atoms with Crippen LogP contribution in [0.5, 0.6) is 5.88 Å². The SMILES string of the molecule is Cc1cc2c(N=NC(=O)C(c3ccccc3)c3ccccc3)c(O)[nH]c2cc1Br. The molecule has 29 heavy (non-hydrogen) atoms. The van der Waals surface area contributed by atoms with E-state index in [4.69, 9.17) is 0 Å². The Labute approximate surface area is 176 Å². The lowest BCUT2D eigenvalue weighted by Gasteiger charge is -2.13. The fourth-order valence-electron chi connectivity index (χ4n) is 3.32. The average molecular weight is 448 g/mol. The molecule has 0 bridgehead atoms. The third-order valence-corrected chi connectivity index (χ3v) is 5.65. The van der Waals surface area contributed by atoms with Gasteiger partial charge in [0.2, 0.25) is 5.88 Å². The van der Waals surface area contributed by atoms with Crippen LogP contribution in [0.25, 0.3) is 10.9 Å². The number of hydrogen-bond donors (Lipinski definition) is 2. The molecule has 0 aliphatic carbocycles. The van der Waals surface area contributed by atoms with Crippen LogP contribution in [-0.2, 0) is 4.79 Å². The van der Waals surface area contributed by atoms with Gasteiger partial charge in [-0.3, -0.25) is 4.79 Å². The van der Waals surface area contributed by atoms with E-state index in [-0.39, 0.29) is 11.6 Å². The van der Waals surface area contributed by atoms with Crippen LogP contribution in [0, 0.1) is 6.92 Å². The van der Waals surface area contributed by atoms with Crippen molar-refractivity contribution >= 4 is 38.4 Å². The average Bonchev–Trinajstić information content (AvgIpc) is 3.02. The number of nitrogens with one attached hydrogen (secondary N) is 1. The molecule has 0 aliphatic heterocycles. The second-order valence-corrected chi connectivity index (χ2v) is 7.62. The van der Waals surface area contributed by atoms with Crippen molar-refractivity contribution in [2.45, 2.75) is 12.8 Å². The summed E-state index contributed by atoms with van der Waals surface area (Å²) in [5.74, 6) is -1.08. The number of azo groups is 1. The molecule has 1 aromatic heterocycles. The minimum atomic E-state index is -0.565. The molecule has 0 spiro atoms. The maximum Gasteiger partial charge on any atom is 0.276 e. The Kier molecular flexibility index (Phi) is 5.27. The predicted molar refractivity (Wildman–Crippen MR) is 117 cm³/mol. The fourth-order valence-corrected chi connectivity index (χ4v) is 3.67. The van der Waals surface area contributed by atoms with Gasteiger partial charge in [-0.05, 0) is 35.7 Å². The maximum absolute atomic E-state index is 13.0. The summed E-state index contributed by atoms with van der Waals surface area (Å²) >= 11 is 3.47. The topological polar surface area (TPSA) is 77.8 Å². The van der Waals surface area contributed by atoms with Crippen molar-refractivity contribution in [2.75, 3.05) is 0 Å². The van der Waals surface area contributed by atoms with Crippen LogP contribution in [0.2, 0.25) is 0 Å². The Bertz CT molecular complexity index is 1160. The molecule has 144 valence electrons. The number of nitrogens with zero attached hydrogens (tertiary/aromatic N) is 2. The highest BCUT2D eigenvalue weighted by molar-refractivity contribution is 9.10. The number of aromatic amines is 1. The van der Waals surface area contributed by atoms with Crippen LogP contribution >= 0.6 is 15.9 Å². The number of benzene rings is 3. The standard InChI is InChI=1S/C23H18BrN3O2/c1-14-12-17-19(13-18(14)24)25-23(29)21(17)26-27-22(28)20(15-8-4-2-5-9-15)16-10-6-3-7-11-16/h2-13,20,25,29H,1H3. The third kappa shape index (κ3) is 3.84. The zero-order valence-corrected chi connectivity index (χ0v) is 17.2. The molecule has 5 nitrogen and oxygen atoms in total. The van der Waals surface area contributed by atoms with Gasteiger partial charge in [-0.25, -0.2) is 0 Å². The van der Waals surface area contributed by atoms with Crippen molar-refractivity contribution in [1.29, 1.82) is 0 Å². The second-order valence-electron chi connectivity index (χ2n) is 6.76. The van der Waals surface area contributed by atoms with Gasteiger partial charge < -0.3 is 10.1 Å². The molecule has 0 atom stereocenters. The highest BCUT2D eigenvalue weighted by Gasteiger charge is 2.23. The number of carbonyl (C=O) groups excluding carboxylic acids is 1. The number of rotatable bonds is 4. The number of carbonyl (C=O) groups is 1.